The molecule has 0 unspecified atom stereocenters. The van der Waals surface area contributed by atoms with Gasteiger partial charge in [-0.15, -0.1) is 0 Å². The lowest BCUT2D eigenvalue weighted by Gasteiger charge is -2.16. The molecule has 0 saturated carbocycles. The van der Waals surface area contributed by atoms with Crippen molar-refractivity contribution in [3.8, 4) is 11.5 Å². The molecule has 0 aliphatic rings. The van der Waals surface area contributed by atoms with Crippen LogP contribution >= 0.6 is 0 Å². The summed E-state index contributed by atoms with van der Waals surface area (Å²) in [5.74, 6) is 2.27. The Bertz CT molecular complexity index is 747. The molecule has 0 radical (unpaired) electrons. The Balaban J connectivity index is 1.95. The summed E-state index contributed by atoms with van der Waals surface area (Å²) in [6, 6.07) is 14.0. The van der Waals surface area contributed by atoms with Crippen molar-refractivity contribution in [3.63, 3.8) is 0 Å². The predicted molar refractivity (Wildman–Crippen MR) is 108 cm³/mol. The Morgan fingerprint density at radius 1 is 0.926 bits per heavy atom. The van der Waals surface area contributed by atoms with Crippen LogP contribution in [0.3, 0.4) is 0 Å². The molecule has 0 aromatic heterocycles. The number of ether oxygens (including phenoxy) is 3. The van der Waals surface area contributed by atoms with Gasteiger partial charge in [0, 0.05) is 38.4 Å². The predicted octanol–water partition coefficient (Wildman–Crippen LogP) is 3.11. The fourth-order valence-corrected chi connectivity index (χ4v) is 2.66. The smallest absolute Gasteiger partial charge is 0.191 e. The molecule has 146 valence electrons. The van der Waals surface area contributed by atoms with E-state index in [0.29, 0.717) is 26.3 Å². The van der Waals surface area contributed by atoms with Gasteiger partial charge >= 0.3 is 0 Å². The minimum atomic E-state index is 0.591. The van der Waals surface area contributed by atoms with E-state index in [2.05, 4.69) is 27.8 Å². The number of guanidine groups is 1. The molecule has 6 heteroatoms. The molecule has 2 aromatic rings. The molecular formula is C21H29N3O3. The first-order chi connectivity index (χ1) is 13.2. The number of nitrogens with zero attached hydrogens (tertiary/aromatic N) is 1. The van der Waals surface area contributed by atoms with Crippen molar-refractivity contribution in [2.45, 2.75) is 26.6 Å². The normalized spacial score (nSPS) is 11.2. The van der Waals surface area contributed by atoms with Gasteiger partial charge in [0.15, 0.2) is 5.96 Å². The maximum Gasteiger partial charge on any atom is 0.191 e. The van der Waals surface area contributed by atoms with Gasteiger partial charge in [-0.3, -0.25) is 4.99 Å². The molecule has 0 heterocycles. The SMILES string of the molecule is CCOCc1ccccc1CNC(=NC)NCc1ccc(OC)cc1OC. The zero-order chi connectivity index (χ0) is 19.5. The molecule has 0 fully saturated rings. The Kier molecular flexibility index (Phi) is 8.45. The van der Waals surface area contributed by atoms with Crippen LogP contribution < -0.4 is 20.1 Å². The Hall–Kier alpha value is -2.73. The summed E-state index contributed by atoms with van der Waals surface area (Å²) < 4.78 is 16.2. The summed E-state index contributed by atoms with van der Waals surface area (Å²) >= 11 is 0. The average molecular weight is 371 g/mol. The van der Waals surface area contributed by atoms with E-state index in [1.807, 2.05) is 37.3 Å². The number of rotatable bonds is 9. The lowest BCUT2D eigenvalue weighted by atomic mass is 10.1. The molecule has 0 bridgehead atoms. The van der Waals surface area contributed by atoms with Crippen molar-refractivity contribution < 1.29 is 14.2 Å². The van der Waals surface area contributed by atoms with Crippen LogP contribution in [0.25, 0.3) is 0 Å². The first-order valence-electron chi connectivity index (χ1n) is 9.01. The second kappa shape index (κ2) is 11.1. The van der Waals surface area contributed by atoms with Crippen LogP contribution in [0.1, 0.15) is 23.6 Å². The lowest BCUT2D eigenvalue weighted by molar-refractivity contribution is 0.133. The van der Waals surface area contributed by atoms with Gasteiger partial charge in [0.2, 0.25) is 0 Å². The van der Waals surface area contributed by atoms with Gasteiger partial charge in [0.1, 0.15) is 11.5 Å². The van der Waals surface area contributed by atoms with Crippen molar-refractivity contribution in [3.05, 3.63) is 59.2 Å². The van der Waals surface area contributed by atoms with E-state index in [-0.39, 0.29) is 0 Å². The third kappa shape index (κ3) is 6.18. The first kappa shape index (κ1) is 20.6. The van der Waals surface area contributed by atoms with E-state index in [1.54, 1.807) is 21.3 Å². The second-order valence-electron chi connectivity index (χ2n) is 5.86. The number of methoxy groups -OCH3 is 2. The van der Waals surface area contributed by atoms with Gasteiger partial charge in [0.05, 0.1) is 20.8 Å². The number of nitrogens with one attached hydrogen (secondary N) is 2. The van der Waals surface area contributed by atoms with E-state index in [9.17, 15) is 0 Å². The van der Waals surface area contributed by atoms with Crippen LogP contribution in [0, 0.1) is 0 Å². The van der Waals surface area contributed by atoms with Gasteiger partial charge in [-0.25, -0.2) is 0 Å². The Morgan fingerprint density at radius 2 is 1.63 bits per heavy atom. The van der Waals surface area contributed by atoms with Crippen LogP contribution in [0.5, 0.6) is 11.5 Å². The fraction of sp³-hybridized carbons (Fsp3) is 0.381. The van der Waals surface area contributed by atoms with Gasteiger partial charge in [-0.2, -0.15) is 0 Å². The largest absolute Gasteiger partial charge is 0.497 e. The molecule has 0 atom stereocenters. The molecular weight excluding hydrogens is 342 g/mol. The maximum atomic E-state index is 5.55. The average Bonchev–Trinajstić information content (AvgIpc) is 2.72. The van der Waals surface area contributed by atoms with Crippen molar-refractivity contribution >= 4 is 5.96 Å². The highest BCUT2D eigenvalue weighted by Crippen LogP contribution is 2.24. The number of aliphatic imine (C=N–C) groups is 1. The van der Waals surface area contributed by atoms with E-state index in [1.165, 1.54) is 11.1 Å². The minimum absolute atomic E-state index is 0.591. The van der Waals surface area contributed by atoms with Crippen LogP contribution in [0.4, 0.5) is 0 Å². The third-order valence-electron chi connectivity index (χ3n) is 4.19. The zero-order valence-electron chi connectivity index (χ0n) is 16.5. The van der Waals surface area contributed by atoms with Crippen LogP contribution in [-0.4, -0.2) is 33.8 Å². The fourth-order valence-electron chi connectivity index (χ4n) is 2.66. The quantitative estimate of drug-likeness (QED) is 0.524. The summed E-state index contributed by atoms with van der Waals surface area (Å²) in [7, 11) is 5.05. The summed E-state index contributed by atoms with van der Waals surface area (Å²) in [5.41, 5.74) is 3.40. The first-order valence-corrected chi connectivity index (χ1v) is 9.01. The number of benzene rings is 2. The summed E-state index contributed by atoms with van der Waals surface area (Å²) in [6.07, 6.45) is 0. The van der Waals surface area contributed by atoms with Crippen molar-refractivity contribution in [1.29, 1.82) is 0 Å². The molecule has 0 saturated heterocycles. The second-order valence-corrected chi connectivity index (χ2v) is 5.86. The highest BCUT2D eigenvalue weighted by atomic mass is 16.5. The van der Waals surface area contributed by atoms with E-state index < -0.39 is 0 Å². The van der Waals surface area contributed by atoms with Gasteiger partial charge in [-0.05, 0) is 30.2 Å². The summed E-state index contributed by atoms with van der Waals surface area (Å²) in [6.45, 7) is 4.58. The molecule has 0 amide bonds. The molecule has 2 rings (SSSR count). The lowest BCUT2D eigenvalue weighted by Crippen LogP contribution is -2.36. The van der Waals surface area contributed by atoms with E-state index in [0.717, 1.165) is 23.0 Å². The third-order valence-corrected chi connectivity index (χ3v) is 4.19. The highest BCUT2D eigenvalue weighted by molar-refractivity contribution is 5.79. The molecule has 0 aliphatic carbocycles. The molecule has 0 spiro atoms. The maximum absolute atomic E-state index is 5.55. The minimum Gasteiger partial charge on any atom is -0.497 e. The monoisotopic (exact) mass is 371 g/mol. The van der Waals surface area contributed by atoms with Gasteiger partial charge < -0.3 is 24.8 Å². The van der Waals surface area contributed by atoms with Crippen molar-refractivity contribution in [2.24, 2.45) is 4.99 Å². The number of hydrogen-bond donors (Lipinski definition) is 2. The van der Waals surface area contributed by atoms with Crippen LogP contribution in [0.15, 0.2) is 47.5 Å². The van der Waals surface area contributed by atoms with Crippen molar-refractivity contribution in [2.75, 3.05) is 27.9 Å². The summed E-state index contributed by atoms with van der Waals surface area (Å²) in [4.78, 5) is 4.30. The van der Waals surface area contributed by atoms with Crippen LogP contribution in [0.2, 0.25) is 0 Å². The molecule has 2 aromatic carbocycles. The van der Waals surface area contributed by atoms with E-state index in [4.69, 9.17) is 14.2 Å². The number of hydrogen-bond acceptors (Lipinski definition) is 4. The molecule has 27 heavy (non-hydrogen) atoms. The zero-order valence-corrected chi connectivity index (χ0v) is 16.5. The molecule has 6 nitrogen and oxygen atoms in total. The standard InChI is InChI=1S/C21H29N3O3/c1-5-27-15-18-9-7-6-8-16(18)13-23-21(22-2)24-14-17-10-11-19(25-3)12-20(17)26-4/h6-12H,5,13-15H2,1-4H3,(H2,22,23,24). The van der Waals surface area contributed by atoms with E-state index >= 15 is 0 Å². The van der Waals surface area contributed by atoms with Gasteiger partial charge in [-0.1, -0.05) is 24.3 Å². The van der Waals surface area contributed by atoms with Gasteiger partial charge in [0.25, 0.3) is 0 Å². The molecule has 2 N–H and O–H groups in total. The highest BCUT2D eigenvalue weighted by Gasteiger charge is 2.07. The van der Waals surface area contributed by atoms with Crippen molar-refractivity contribution in [1.82, 2.24) is 10.6 Å². The topological polar surface area (TPSA) is 64.1 Å². The Morgan fingerprint density at radius 3 is 2.26 bits per heavy atom. The van der Waals surface area contributed by atoms with Crippen LogP contribution in [-0.2, 0) is 24.4 Å². The summed E-state index contributed by atoms with van der Waals surface area (Å²) in [5, 5.41) is 6.67. The Labute approximate surface area is 161 Å². The molecule has 0 aliphatic heterocycles.